The van der Waals surface area contributed by atoms with Gasteiger partial charge in [0.15, 0.2) is 0 Å². The second-order valence-corrected chi connectivity index (χ2v) is 1.33. The maximum absolute atomic E-state index is 4.95. The SMILES string of the molecule is C#C[CH]c1ccco1. The normalized spacial score (nSPS) is 8.38. The summed E-state index contributed by atoms with van der Waals surface area (Å²) < 4.78 is 4.88. The van der Waals surface area contributed by atoms with E-state index < -0.39 is 0 Å². The molecule has 0 N–H and O–H groups in total. The molecule has 0 aliphatic carbocycles. The van der Waals surface area contributed by atoms with E-state index in [-0.39, 0.29) is 0 Å². The highest BCUT2D eigenvalue weighted by Crippen LogP contribution is 2.00. The Morgan fingerprint density at radius 1 is 1.75 bits per heavy atom. The van der Waals surface area contributed by atoms with Crippen molar-refractivity contribution in [2.24, 2.45) is 0 Å². The Labute approximate surface area is 48.3 Å². The lowest BCUT2D eigenvalue weighted by Crippen LogP contribution is -1.66. The fraction of sp³-hybridized carbons (Fsp3) is 0. The van der Waals surface area contributed by atoms with Gasteiger partial charge in [0.05, 0.1) is 12.7 Å². The third kappa shape index (κ3) is 0.913. The quantitative estimate of drug-likeness (QED) is 0.493. The van der Waals surface area contributed by atoms with Gasteiger partial charge >= 0.3 is 0 Å². The molecule has 1 radical (unpaired) electrons. The molecule has 0 unspecified atom stereocenters. The van der Waals surface area contributed by atoms with Crippen molar-refractivity contribution in [2.75, 3.05) is 0 Å². The zero-order chi connectivity index (χ0) is 5.82. The van der Waals surface area contributed by atoms with Gasteiger partial charge in [-0.15, -0.1) is 6.42 Å². The molecule has 0 spiro atoms. The molecule has 0 saturated carbocycles. The number of furan rings is 1. The van der Waals surface area contributed by atoms with Gasteiger partial charge in [0.2, 0.25) is 0 Å². The Hall–Kier alpha value is -1.16. The largest absolute Gasteiger partial charge is 0.468 e. The van der Waals surface area contributed by atoms with Gasteiger partial charge in [-0.3, -0.25) is 0 Å². The van der Waals surface area contributed by atoms with Gasteiger partial charge in [0.25, 0.3) is 0 Å². The van der Waals surface area contributed by atoms with Gasteiger partial charge in [-0.05, 0) is 12.1 Å². The molecule has 0 aliphatic heterocycles. The van der Waals surface area contributed by atoms with Crippen molar-refractivity contribution in [1.29, 1.82) is 0 Å². The van der Waals surface area contributed by atoms with Crippen LogP contribution in [-0.4, -0.2) is 0 Å². The van der Waals surface area contributed by atoms with Crippen molar-refractivity contribution < 1.29 is 4.42 Å². The maximum atomic E-state index is 4.95. The molecule has 0 aliphatic rings. The highest BCUT2D eigenvalue weighted by Gasteiger charge is 1.87. The summed E-state index contributed by atoms with van der Waals surface area (Å²) in [5.74, 6) is 3.08. The van der Waals surface area contributed by atoms with Crippen LogP contribution in [0.2, 0.25) is 0 Å². The predicted octanol–water partition coefficient (Wildman–Crippen LogP) is 1.47. The first-order valence-corrected chi connectivity index (χ1v) is 2.26. The molecule has 0 aromatic carbocycles. The predicted molar refractivity (Wildman–Crippen MR) is 30.9 cm³/mol. The van der Waals surface area contributed by atoms with Crippen LogP contribution in [0.25, 0.3) is 0 Å². The van der Waals surface area contributed by atoms with E-state index in [4.69, 9.17) is 10.8 Å². The van der Waals surface area contributed by atoms with Gasteiger partial charge in [-0.1, -0.05) is 5.92 Å². The maximum Gasteiger partial charge on any atom is 0.120 e. The molecule has 1 aromatic heterocycles. The molecule has 0 atom stereocenters. The fourth-order valence-corrected chi connectivity index (χ4v) is 0.456. The van der Waals surface area contributed by atoms with E-state index >= 15 is 0 Å². The lowest BCUT2D eigenvalue weighted by Gasteiger charge is -1.78. The molecule has 1 aromatic rings. The van der Waals surface area contributed by atoms with E-state index in [2.05, 4.69) is 5.92 Å². The van der Waals surface area contributed by atoms with Crippen molar-refractivity contribution in [3.63, 3.8) is 0 Å². The summed E-state index contributed by atoms with van der Waals surface area (Å²) in [6.07, 6.45) is 8.11. The molecule has 0 bridgehead atoms. The molecule has 0 fully saturated rings. The van der Waals surface area contributed by atoms with Gasteiger partial charge in [-0.25, -0.2) is 0 Å². The van der Waals surface area contributed by atoms with Crippen LogP contribution >= 0.6 is 0 Å². The summed E-state index contributed by atoms with van der Waals surface area (Å²) in [5.41, 5.74) is 0. The Balaban J connectivity index is 2.67. The highest BCUT2D eigenvalue weighted by atomic mass is 16.3. The summed E-state index contributed by atoms with van der Waals surface area (Å²) >= 11 is 0. The molecular formula is C7H5O. The standard InChI is InChI=1S/C7H5O/c1-2-4-7-5-3-6-8-7/h1,3-6H. The number of hydrogen-bond acceptors (Lipinski definition) is 1. The van der Waals surface area contributed by atoms with Crippen LogP contribution in [0.5, 0.6) is 0 Å². The average Bonchev–Trinajstić information content (AvgIpc) is 2.19. The second-order valence-electron chi connectivity index (χ2n) is 1.33. The highest BCUT2D eigenvalue weighted by molar-refractivity contribution is 5.21. The van der Waals surface area contributed by atoms with E-state index in [1.165, 1.54) is 0 Å². The van der Waals surface area contributed by atoms with Gasteiger partial charge in [0, 0.05) is 0 Å². The Bertz CT molecular complexity index is 179. The van der Waals surface area contributed by atoms with E-state index in [1.54, 1.807) is 24.8 Å². The van der Waals surface area contributed by atoms with Crippen molar-refractivity contribution in [3.8, 4) is 12.3 Å². The number of terminal acetylenes is 1. The summed E-state index contributed by atoms with van der Waals surface area (Å²) in [7, 11) is 0. The van der Waals surface area contributed by atoms with Crippen LogP contribution in [0.15, 0.2) is 22.8 Å². The van der Waals surface area contributed by atoms with Crippen LogP contribution in [0.4, 0.5) is 0 Å². The van der Waals surface area contributed by atoms with Crippen LogP contribution in [0.1, 0.15) is 5.76 Å². The molecule has 39 valence electrons. The summed E-state index contributed by atoms with van der Waals surface area (Å²) in [6, 6.07) is 3.60. The van der Waals surface area contributed by atoms with E-state index in [0.29, 0.717) is 0 Å². The Kier molecular flexibility index (Phi) is 1.39. The van der Waals surface area contributed by atoms with Crippen molar-refractivity contribution in [3.05, 3.63) is 30.6 Å². The van der Waals surface area contributed by atoms with Crippen LogP contribution in [0.3, 0.4) is 0 Å². The molecule has 0 saturated heterocycles. The van der Waals surface area contributed by atoms with Gasteiger partial charge < -0.3 is 4.42 Å². The van der Waals surface area contributed by atoms with Gasteiger partial charge in [0.1, 0.15) is 5.76 Å². The molecule has 1 nitrogen and oxygen atoms in total. The minimum atomic E-state index is 0.729. The summed E-state index contributed by atoms with van der Waals surface area (Å²) in [5, 5.41) is 0. The minimum Gasteiger partial charge on any atom is -0.468 e. The van der Waals surface area contributed by atoms with Crippen LogP contribution in [-0.2, 0) is 0 Å². The van der Waals surface area contributed by atoms with Gasteiger partial charge in [-0.2, -0.15) is 0 Å². The van der Waals surface area contributed by atoms with Crippen molar-refractivity contribution >= 4 is 0 Å². The van der Waals surface area contributed by atoms with E-state index in [0.717, 1.165) is 5.76 Å². The minimum absolute atomic E-state index is 0.729. The monoisotopic (exact) mass is 105 g/mol. The smallest absolute Gasteiger partial charge is 0.120 e. The first kappa shape index (κ1) is 4.99. The Morgan fingerprint density at radius 3 is 3.12 bits per heavy atom. The molecule has 0 amide bonds. The Morgan fingerprint density at radius 2 is 2.62 bits per heavy atom. The zero-order valence-corrected chi connectivity index (χ0v) is 4.29. The second kappa shape index (κ2) is 2.23. The first-order valence-electron chi connectivity index (χ1n) is 2.26. The number of rotatable bonds is 1. The third-order valence-corrected chi connectivity index (χ3v) is 0.769. The fourth-order valence-electron chi connectivity index (χ4n) is 0.456. The van der Waals surface area contributed by atoms with E-state index in [1.807, 2.05) is 0 Å². The topological polar surface area (TPSA) is 13.1 Å². The first-order chi connectivity index (χ1) is 3.93. The van der Waals surface area contributed by atoms with Crippen LogP contribution < -0.4 is 0 Å². The summed E-state index contributed by atoms with van der Waals surface area (Å²) in [6.45, 7) is 0. The number of hydrogen-bond donors (Lipinski definition) is 0. The molecule has 1 heteroatoms. The molecular weight excluding hydrogens is 100 g/mol. The van der Waals surface area contributed by atoms with Crippen molar-refractivity contribution in [1.82, 2.24) is 0 Å². The molecule has 1 heterocycles. The third-order valence-electron chi connectivity index (χ3n) is 0.769. The van der Waals surface area contributed by atoms with E-state index in [9.17, 15) is 0 Å². The summed E-state index contributed by atoms with van der Waals surface area (Å²) in [4.78, 5) is 0. The van der Waals surface area contributed by atoms with Crippen molar-refractivity contribution in [2.45, 2.75) is 0 Å². The molecule has 8 heavy (non-hydrogen) atoms. The zero-order valence-electron chi connectivity index (χ0n) is 4.29. The lowest BCUT2D eigenvalue weighted by molar-refractivity contribution is 0.544. The molecule has 1 rings (SSSR count). The average molecular weight is 105 g/mol. The van der Waals surface area contributed by atoms with Crippen LogP contribution in [0, 0.1) is 18.8 Å². The lowest BCUT2D eigenvalue weighted by atomic mass is 10.3.